The number of carbonyl (C=O) groups excluding carboxylic acids is 1. The summed E-state index contributed by atoms with van der Waals surface area (Å²) < 4.78 is 15.8. The topological polar surface area (TPSA) is 44.8 Å². The molecular weight excluding hydrogens is 232 g/mol. The summed E-state index contributed by atoms with van der Waals surface area (Å²) in [5.74, 6) is 4.31. The Morgan fingerprint density at radius 3 is 2.72 bits per heavy atom. The van der Waals surface area contributed by atoms with Gasteiger partial charge in [-0.1, -0.05) is 24.1 Å². The van der Waals surface area contributed by atoms with Gasteiger partial charge in [0.2, 0.25) is 0 Å². The van der Waals surface area contributed by atoms with E-state index >= 15 is 0 Å². The van der Waals surface area contributed by atoms with Crippen LogP contribution in [0, 0.1) is 11.8 Å². The SMILES string of the molecule is CC1(C)OC[C@H](C#CC(=O)Oc2ccccc2)O1. The largest absolute Gasteiger partial charge is 0.417 e. The van der Waals surface area contributed by atoms with E-state index in [1.165, 1.54) is 0 Å². The van der Waals surface area contributed by atoms with Crippen molar-refractivity contribution in [3.63, 3.8) is 0 Å². The minimum atomic E-state index is -0.636. The van der Waals surface area contributed by atoms with E-state index in [-0.39, 0.29) is 6.10 Å². The Labute approximate surface area is 106 Å². The van der Waals surface area contributed by atoms with Crippen molar-refractivity contribution in [2.75, 3.05) is 6.61 Å². The maximum atomic E-state index is 11.4. The molecule has 1 aliphatic heterocycles. The van der Waals surface area contributed by atoms with Gasteiger partial charge in [0, 0.05) is 5.92 Å². The van der Waals surface area contributed by atoms with Crippen LogP contribution in [0.4, 0.5) is 0 Å². The van der Waals surface area contributed by atoms with E-state index in [2.05, 4.69) is 11.8 Å². The Bertz CT molecular complexity index is 482. The van der Waals surface area contributed by atoms with Gasteiger partial charge in [0.25, 0.3) is 0 Å². The van der Waals surface area contributed by atoms with Gasteiger partial charge in [0.15, 0.2) is 5.79 Å². The van der Waals surface area contributed by atoms with Crippen LogP contribution in [-0.4, -0.2) is 24.5 Å². The van der Waals surface area contributed by atoms with Crippen LogP contribution in [0.5, 0.6) is 5.75 Å². The molecule has 0 unspecified atom stereocenters. The van der Waals surface area contributed by atoms with Gasteiger partial charge in [-0.25, -0.2) is 4.79 Å². The Morgan fingerprint density at radius 2 is 2.11 bits per heavy atom. The lowest BCUT2D eigenvalue weighted by molar-refractivity contribution is -0.132. The van der Waals surface area contributed by atoms with Gasteiger partial charge in [0.05, 0.1) is 6.61 Å². The molecule has 4 nitrogen and oxygen atoms in total. The summed E-state index contributed by atoms with van der Waals surface area (Å²) in [6.45, 7) is 3.96. The second-order valence-electron chi connectivity index (χ2n) is 4.29. The molecule has 0 N–H and O–H groups in total. The second kappa shape index (κ2) is 5.21. The first-order chi connectivity index (χ1) is 8.55. The average molecular weight is 246 g/mol. The molecule has 0 saturated carbocycles. The van der Waals surface area contributed by atoms with E-state index in [4.69, 9.17) is 14.2 Å². The van der Waals surface area contributed by atoms with E-state index in [0.717, 1.165) is 0 Å². The van der Waals surface area contributed by atoms with Crippen LogP contribution in [0.1, 0.15) is 13.8 Å². The maximum absolute atomic E-state index is 11.4. The fourth-order valence-corrected chi connectivity index (χ4v) is 1.52. The van der Waals surface area contributed by atoms with E-state index in [1.54, 1.807) is 38.1 Å². The van der Waals surface area contributed by atoms with E-state index in [0.29, 0.717) is 12.4 Å². The highest BCUT2D eigenvalue weighted by atomic mass is 16.7. The summed E-state index contributed by atoms with van der Waals surface area (Å²) in [4.78, 5) is 11.4. The summed E-state index contributed by atoms with van der Waals surface area (Å²) in [5.41, 5.74) is 0. The molecule has 1 atom stereocenters. The molecule has 0 amide bonds. The average Bonchev–Trinajstić information content (AvgIpc) is 2.68. The van der Waals surface area contributed by atoms with Gasteiger partial charge in [-0.2, -0.15) is 0 Å². The zero-order valence-corrected chi connectivity index (χ0v) is 10.3. The maximum Gasteiger partial charge on any atom is 0.389 e. The van der Waals surface area contributed by atoms with E-state index in [1.807, 2.05) is 6.07 Å². The first kappa shape index (κ1) is 12.6. The first-order valence-corrected chi connectivity index (χ1v) is 5.65. The van der Waals surface area contributed by atoms with Crippen molar-refractivity contribution < 1.29 is 19.0 Å². The van der Waals surface area contributed by atoms with Gasteiger partial charge >= 0.3 is 5.97 Å². The molecule has 0 bridgehead atoms. The Kier molecular flexibility index (Phi) is 3.66. The summed E-state index contributed by atoms with van der Waals surface area (Å²) in [7, 11) is 0. The molecule has 1 fully saturated rings. The summed E-state index contributed by atoms with van der Waals surface area (Å²) in [6.07, 6.45) is -0.386. The van der Waals surface area contributed by atoms with Crippen molar-refractivity contribution in [2.24, 2.45) is 0 Å². The molecule has 0 radical (unpaired) electrons. The predicted molar refractivity (Wildman–Crippen MR) is 64.8 cm³/mol. The van der Waals surface area contributed by atoms with Gasteiger partial charge in [0.1, 0.15) is 11.9 Å². The molecule has 0 aliphatic carbocycles. The van der Waals surface area contributed by atoms with Crippen molar-refractivity contribution in [3.05, 3.63) is 30.3 Å². The summed E-state index contributed by atoms with van der Waals surface area (Å²) in [5, 5.41) is 0. The number of carbonyl (C=O) groups is 1. The minimum absolute atomic E-state index is 0.360. The van der Waals surface area contributed by atoms with E-state index in [9.17, 15) is 4.79 Å². The third-order valence-corrected chi connectivity index (χ3v) is 2.30. The quantitative estimate of drug-likeness (QED) is 0.328. The van der Waals surface area contributed by atoms with Gasteiger partial charge < -0.3 is 14.2 Å². The first-order valence-electron chi connectivity index (χ1n) is 5.65. The van der Waals surface area contributed by atoms with Crippen molar-refractivity contribution in [3.8, 4) is 17.6 Å². The summed E-state index contributed by atoms with van der Waals surface area (Å²) in [6, 6.07) is 8.80. The normalized spacial score (nSPS) is 20.9. The molecule has 2 rings (SSSR count). The fourth-order valence-electron chi connectivity index (χ4n) is 1.52. The molecular formula is C14H14O4. The molecule has 1 aromatic rings. The molecule has 1 heterocycles. The Hall–Kier alpha value is -1.83. The molecule has 1 saturated heterocycles. The molecule has 1 aliphatic rings. The number of para-hydroxylation sites is 1. The second-order valence-corrected chi connectivity index (χ2v) is 4.29. The third kappa shape index (κ3) is 3.59. The van der Waals surface area contributed by atoms with Crippen LogP contribution in [0.2, 0.25) is 0 Å². The highest BCUT2D eigenvalue weighted by molar-refractivity contribution is 5.90. The molecule has 94 valence electrons. The van der Waals surface area contributed by atoms with Crippen molar-refractivity contribution in [1.29, 1.82) is 0 Å². The van der Waals surface area contributed by atoms with Crippen LogP contribution in [0.15, 0.2) is 30.3 Å². The lowest BCUT2D eigenvalue weighted by Crippen LogP contribution is -2.21. The zero-order chi connectivity index (χ0) is 13.0. The number of hydrogen-bond donors (Lipinski definition) is 0. The van der Waals surface area contributed by atoms with Crippen molar-refractivity contribution >= 4 is 5.97 Å². The number of esters is 1. The smallest absolute Gasteiger partial charge is 0.389 e. The number of benzene rings is 1. The lowest BCUT2D eigenvalue weighted by atomic mass is 10.3. The van der Waals surface area contributed by atoms with Crippen LogP contribution >= 0.6 is 0 Å². The number of rotatable bonds is 1. The number of ether oxygens (including phenoxy) is 3. The zero-order valence-electron chi connectivity index (χ0n) is 10.3. The molecule has 0 spiro atoms. The van der Waals surface area contributed by atoms with Crippen LogP contribution < -0.4 is 4.74 Å². The van der Waals surface area contributed by atoms with Crippen LogP contribution in [0.25, 0.3) is 0 Å². The molecule has 1 aromatic carbocycles. The Balaban J connectivity index is 1.89. The standard InChI is InChI=1S/C14H14O4/c1-14(2)16-10-12(18-14)8-9-13(15)17-11-6-4-3-5-7-11/h3-7,12H,10H2,1-2H3/t12-/m0/s1. The van der Waals surface area contributed by atoms with Crippen molar-refractivity contribution in [2.45, 2.75) is 25.7 Å². The van der Waals surface area contributed by atoms with Crippen LogP contribution in [0.3, 0.4) is 0 Å². The fraction of sp³-hybridized carbons (Fsp3) is 0.357. The highest BCUT2D eigenvalue weighted by Crippen LogP contribution is 2.21. The molecule has 18 heavy (non-hydrogen) atoms. The summed E-state index contributed by atoms with van der Waals surface area (Å²) >= 11 is 0. The Morgan fingerprint density at radius 1 is 1.39 bits per heavy atom. The van der Waals surface area contributed by atoms with Gasteiger partial charge in [-0.3, -0.25) is 0 Å². The van der Waals surface area contributed by atoms with Crippen molar-refractivity contribution in [1.82, 2.24) is 0 Å². The third-order valence-electron chi connectivity index (χ3n) is 2.30. The monoisotopic (exact) mass is 246 g/mol. The lowest BCUT2D eigenvalue weighted by Gasteiger charge is -2.14. The minimum Gasteiger partial charge on any atom is -0.417 e. The van der Waals surface area contributed by atoms with Gasteiger partial charge in [-0.15, -0.1) is 0 Å². The molecule has 4 heteroatoms. The van der Waals surface area contributed by atoms with Crippen LogP contribution in [-0.2, 0) is 14.3 Å². The molecule has 0 aromatic heterocycles. The van der Waals surface area contributed by atoms with E-state index < -0.39 is 11.8 Å². The highest BCUT2D eigenvalue weighted by Gasteiger charge is 2.31. The predicted octanol–water partition coefficient (Wildman–Crippen LogP) is 1.75. The number of hydrogen-bond acceptors (Lipinski definition) is 4. The van der Waals surface area contributed by atoms with Gasteiger partial charge in [-0.05, 0) is 26.0 Å².